The zero-order valence-corrected chi connectivity index (χ0v) is 33.4. The molecule has 7 nitrogen and oxygen atoms in total. The molecule has 10 heteroatoms. The highest BCUT2D eigenvalue weighted by Gasteiger charge is 2.49. The van der Waals surface area contributed by atoms with Crippen molar-refractivity contribution >= 4 is 43.3 Å². The number of halogens is 1. The van der Waals surface area contributed by atoms with Crippen molar-refractivity contribution in [1.29, 1.82) is 0 Å². The van der Waals surface area contributed by atoms with E-state index in [1.54, 1.807) is 6.07 Å². The zero-order chi connectivity index (χ0) is 36.0. The number of aromatic carboxylic acids is 1. The summed E-state index contributed by atoms with van der Waals surface area (Å²) in [5.41, 5.74) is 3.63. The van der Waals surface area contributed by atoms with Crippen molar-refractivity contribution < 1.29 is 19.1 Å². The Kier molecular flexibility index (Phi) is 10.6. The second kappa shape index (κ2) is 14.7. The number of rotatable bonds is 9. The number of carboxylic acids is 1. The topological polar surface area (TPSA) is 84.8 Å². The molecule has 7 rings (SSSR count). The summed E-state index contributed by atoms with van der Waals surface area (Å²) in [5, 5.41) is 12.3. The van der Waals surface area contributed by atoms with E-state index in [1.165, 1.54) is 36.8 Å². The van der Waals surface area contributed by atoms with Crippen LogP contribution in [0, 0.1) is 17.8 Å². The van der Waals surface area contributed by atoms with Crippen LogP contribution in [0.1, 0.15) is 93.6 Å². The summed E-state index contributed by atoms with van der Waals surface area (Å²) in [4.78, 5) is 23.8. The fraction of sp³-hybridized carbons (Fsp3) is 0.585. The van der Waals surface area contributed by atoms with Gasteiger partial charge in [-0.25, -0.2) is 14.8 Å². The SMILES string of the molecule is CC(C)(C)[Si](C)(C)O[C@H]([C@@H]1CCC[C@H](Sc2ncccn2)C1)[C@@H]1CC[C@H]1CN1CC2(CCCc3cc(Cl)ccc32)COc2ccc(C(=O)O)cc21. The summed E-state index contributed by atoms with van der Waals surface area (Å²) >= 11 is 8.34. The number of aromatic nitrogens is 2. The predicted octanol–water partition coefficient (Wildman–Crippen LogP) is 10.1. The first-order chi connectivity index (χ1) is 24.3. The third-order valence-corrected chi connectivity index (χ3v) is 18.7. The van der Waals surface area contributed by atoms with Crippen LogP contribution in [0.4, 0.5) is 5.69 Å². The van der Waals surface area contributed by atoms with E-state index >= 15 is 0 Å². The summed E-state index contributed by atoms with van der Waals surface area (Å²) in [6.45, 7) is 14.1. The molecule has 51 heavy (non-hydrogen) atoms. The van der Waals surface area contributed by atoms with Crippen LogP contribution < -0.4 is 9.64 Å². The Morgan fingerprint density at radius 2 is 1.92 bits per heavy atom. The maximum absolute atomic E-state index is 12.2. The van der Waals surface area contributed by atoms with Gasteiger partial charge in [-0.2, -0.15) is 0 Å². The number of nitrogens with zero attached hydrogens (tertiary/aromatic N) is 3. The Morgan fingerprint density at radius 3 is 2.65 bits per heavy atom. The third kappa shape index (κ3) is 7.74. The van der Waals surface area contributed by atoms with Crippen molar-refractivity contribution in [2.75, 3.05) is 24.6 Å². The van der Waals surface area contributed by atoms with Gasteiger partial charge < -0.3 is 19.2 Å². The van der Waals surface area contributed by atoms with Crippen LogP contribution in [0.15, 0.2) is 60.0 Å². The molecule has 0 amide bonds. The lowest BCUT2D eigenvalue weighted by Gasteiger charge is -2.52. The van der Waals surface area contributed by atoms with E-state index in [9.17, 15) is 9.90 Å². The molecule has 2 heterocycles. The zero-order valence-electron chi connectivity index (χ0n) is 30.9. The number of carboxylic acid groups (broad SMARTS) is 1. The maximum Gasteiger partial charge on any atom is 0.335 e. The van der Waals surface area contributed by atoms with E-state index in [1.807, 2.05) is 48.4 Å². The maximum atomic E-state index is 12.2. The van der Waals surface area contributed by atoms with Gasteiger partial charge in [0.05, 0.1) is 24.0 Å². The van der Waals surface area contributed by atoms with Crippen molar-refractivity contribution in [1.82, 2.24) is 9.97 Å². The Morgan fingerprint density at radius 1 is 1.12 bits per heavy atom. The lowest BCUT2D eigenvalue weighted by Crippen LogP contribution is -2.54. The van der Waals surface area contributed by atoms with Crippen LogP contribution in [0.3, 0.4) is 0 Å². The number of hydrogen-bond acceptors (Lipinski definition) is 7. The number of hydrogen-bond donors (Lipinski definition) is 1. The Hall–Kier alpha value is -2.59. The largest absolute Gasteiger partial charge is 0.490 e. The third-order valence-electron chi connectivity index (χ3n) is 12.8. The molecule has 2 fully saturated rings. The van der Waals surface area contributed by atoms with Gasteiger partial charge >= 0.3 is 5.97 Å². The van der Waals surface area contributed by atoms with E-state index in [4.69, 9.17) is 20.8 Å². The minimum absolute atomic E-state index is 0.114. The second-order valence-corrected chi connectivity index (χ2v) is 23.6. The van der Waals surface area contributed by atoms with E-state index in [2.05, 4.69) is 60.9 Å². The van der Waals surface area contributed by atoms with Crippen LogP contribution in [0.5, 0.6) is 5.75 Å². The van der Waals surface area contributed by atoms with Crippen LogP contribution >= 0.6 is 23.4 Å². The highest BCUT2D eigenvalue weighted by molar-refractivity contribution is 7.99. The van der Waals surface area contributed by atoms with Crippen LogP contribution in [0.2, 0.25) is 23.2 Å². The molecular formula is C41H54ClN3O4SSi. The summed E-state index contributed by atoms with van der Waals surface area (Å²) in [6.07, 6.45) is 14.0. The number of benzene rings is 2. The summed E-state index contributed by atoms with van der Waals surface area (Å²) in [5.74, 6) is 1.24. The lowest BCUT2D eigenvalue weighted by molar-refractivity contribution is -0.0225. The summed E-state index contributed by atoms with van der Waals surface area (Å²) in [6, 6.07) is 13.6. The van der Waals surface area contributed by atoms with Crippen LogP contribution in [-0.4, -0.2) is 60.4 Å². The minimum Gasteiger partial charge on any atom is -0.490 e. The van der Waals surface area contributed by atoms with E-state index in [0.29, 0.717) is 35.2 Å². The quantitative estimate of drug-likeness (QED) is 0.171. The molecule has 3 aliphatic carbocycles. The number of carbonyl (C=O) groups is 1. The van der Waals surface area contributed by atoms with Crippen molar-refractivity contribution in [3.8, 4) is 5.75 Å². The monoisotopic (exact) mass is 747 g/mol. The van der Waals surface area contributed by atoms with Gasteiger partial charge in [-0.3, -0.25) is 0 Å². The normalized spacial score (nSPS) is 27.1. The molecule has 274 valence electrons. The molecule has 1 spiro atoms. The van der Waals surface area contributed by atoms with E-state index in [-0.39, 0.29) is 16.6 Å². The van der Waals surface area contributed by atoms with E-state index < -0.39 is 14.3 Å². The molecular weight excluding hydrogens is 694 g/mol. The first-order valence-corrected chi connectivity index (χ1v) is 23.1. The van der Waals surface area contributed by atoms with Crippen LogP contribution in [0.25, 0.3) is 0 Å². The lowest BCUT2D eigenvalue weighted by atomic mass is 9.65. The summed E-state index contributed by atoms with van der Waals surface area (Å²) in [7, 11) is -2.08. The van der Waals surface area contributed by atoms with Gasteiger partial charge in [0, 0.05) is 41.2 Å². The summed E-state index contributed by atoms with van der Waals surface area (Å²) < 4.78 is 14.2. The van der Waals surface area contributed by atoms with E-state index in [0.717, 1.165) is 66.8 Å². The highest BCUT2D eigenvalue weighted by Crippen LogP contribution is 2.51. The molecule has 0 radical (unpaired) electrons. The average molecular weight is 749 g/mol. The fourth-order valence-corrected chi connectivity index (χ4v) is 11.7. The molecule has 2 saturated carbocycles. The van der Waals surface area contributed by atoms with Gasteiger partial charge in [-0.15, -0.1) is 0 Å². The van der Waals surface area contributed by atoms with Gasteiger partial charge in [0.1, 0.15) is 5.75 Å². The molecule has 3 aromatic rings. The Bertz CT molecular complexity index is 1720. The number of thioether (sulfide) groups is 1. The molecule has 1 aliphatic heterocycles. The fourth-order valence-electron chi connectivity index (χ4n) is 8.92. The molecule has 1 N–H and O–H groups in total. The molecule has 1 aromatic heterocycles. The van der Waals surface area contributed by atoms with Gasteiger partial charge in [0.25, 0.3) is 0 Å². The highest BCUT2D eigenvalue weighted by atomic mass is 35.5. The number of aryl methyl sites for hydroxylation is 1. The molecule has 1 unspecified atom stereocenters. The van der Waals surface area contributed by atoms with Crippen LogP contribution in [-0.2, 0) is 16.3 Å². The van der Waals surface area contributed by atoms with Gasteiger partial charge in [0.15, 0.2) is 13.5 Å². The van der Waals surface area contributed by atoms with Crippen molar-refractivity contribution in [3.05, 3.63) is 76.6 Å². The smallest absolute Gasteiger partial charge is 0.335 e. The number of fused-ring (bicyclic) bond motifs is 3. The second-order valence-electron chi connectivity index (χ2n) is 17.1. The first kappa shape index (κ1) is 36.8. The van der Waals surface area contributed by atoms with Gasteiger partial charge in [-0.1, -0.05) is 56.6 Å². The number of ether oxygens (including phenoxy) is 1. The molecule has 6 atom stereocenters. The Labute approximate surface area is 314 Å². The minimum atomic E-state index is -2.08. The molecule has 0 bridgehead atoms. The molecule has 2 aromatic carbocycles. The van der Waals surface area contributed by atoms with Crippen molar-refractivity contribution in [3.63, 3.8) is 0 Å². The predicted molar refractivity (Wildman–Crippen MR) is 209 cm³/mol. The molecule has 4 aliphatic rings. The van der Waals surface area contributed by atoms with Gasteiger partial charge in [0.2, 0.25) is 0 Å². The average Bonchev–Trinajstić information content (AvgIpc) is 3.23. The van der Waals surface area contributed by atoms with Gasteiger partial charge in [-0.05, 0) is 135 Å². The first-order valence-electron chi connectivity index (χ1n) is 19.0. The standard InChI is InChI=1S/C41H54ClN3O4SSi/c1-40(2,3)51(4,5)49-37(28-9-6-11-32(22-28)50-39-43-19-8-20-44-39)33-15-12-30(33)24-45-25-41(18-7-10-27-21-31(42)14-16-34(27)41)26-48-36-17-13-29(38(46)47)23-35(36)45/h8,13-14,16-17,19-21,23,28,30,32-33,37H,6-7,9-12,15,18,22,24-26H2,1-5H3,(H,46,47)/t28-,30+,32+,33-,37-,41?/m1/s1. The molecule has 0 saturated heterocycles. The number of anilines is 1. The van der Waals surface area contributed by atoms with Crippen molar-refractivity contribution in [2.45, 2.75) is 119 Å². The Balaban J connectivity index is 1.20. The van der Waals surface area contributed by atoms with Crippen molar-refractivity contribution in [2.24, 2.45) is 17.8 Å².